The third-order valence-corrected chi connectivity index (χ3v) is 3.07. The van der Waals surface area contributed by atoms with Crippen LogP contribution in [0.3, 0.4) is 0 Å². The second kappa shape index (κ2) is 6.08. The molecule has 2 aromatic rings. The highest BCUT2D eigenvalue weighted by Gasteiger charge is 2.11. The van der Waals surface area contributed by atoms with Crippen LogP contribution in [-0.4, -0.2) is 16.6 Å². The maximum absolute atomic E-state index is 14.0. The molecule has 1 aromatic carbocycles. The first-order chi connectivity index (χ1) is 9.11. The van der Waals surface area contributed by atoms with Crippen LogP contribution in [0.25, 0.3) is 11.3 Å². The molecule has 4 nitrogen and oxygen atoms in total. The molecule has 0 bridgehead atoms. The van der Waals surface area contributed by atoms with Crippen molar-refractivity contribution in [3.63, 3.8) is 0 Å². The zero-order valence-electron chi connectivity index (χ0n) is 10.4. The molecule has 0 saturated heterocycles. The Labute approximate surface area is 119 Å². The van der Waals surface area contributed by atoms with E-state index in [9.17, 15) is 4.39 Å². The number of anilines is 1. The summed E-state index contributed by atoms with van der Waals surface area (Å²) in [7, 11) is 0. The van der Waals surface area contributed by atoms with Crippen molar-refractivity contribution in [2.24, 2.45) is 0 Å². The van der Waals surface area contributed by atoms with E-state index in [-0.39, 0.29) is 12.4 Å². The van der Waals surface area contributed by atoms with Crippen LogP contribution in [0.4, 0.5) is 10.2 Å². The molecule has 100 valence electrons. The van der Waals surface area contributed by atoms with Crippen molar-refractivity contribution in [2.75, 3.05) is 12.3 Å². The quantitative estimate of drug-likeness (QED) is 0.937. The average molecular weight is 326 g/mol. The van der Waals surface area contributed by atoms with Gasteiger partial charge in [0, 0.05) is 18.2 Å². The number of aromatic nitrogens is 2. The summed E-state index contributed by atoms with van der Waals surface area (Å²) >= 11 is 3.15. The van der Waals surface area contributed by atoms with E-state index >= 15 is 0 Å². The Hall–Kier alpha value is -1.53. The zero-order valence-corrected chi connectivity index (χ0v) is 11.9. The van der Waals surface area contributed by atoms with Crippen LogP contribution in [0, 0.1) is 5.82 Å². The minimum Gasteiger partial charge on any atom is -0.384 e. The van der Waals surface area contributed by atoms with Gasteiger partial charge in [-0.3, -0.25) is 0 Å². The molecule has 0 spiro atoms. The highest BCUT2D eigenvalue weighted by molar-refractivity contribution is 9.10. The van der Waals surface area contributed by atoms with E-state index in [0.717, 1.165) is 0 Å². The maximum atomic E-state index is 14.0. The van der Waals surface area contributed by atoms with Gasteiger partial charge in [0.1, 0.15) is 18.2 Å². The summed E-state index contributed by atoms with van der Waals surface area (Å²) in [5.41, 5.74) is 6.54. The van der Waals surface area contributed by atoms with Crippen LogP contribution in [-0.2, 0) is 11.3 Å². The number of hydrogen-bond donors (Lipinski definition) is 1. The normalized spacial score (nSPS) is 10.7. The molecule has 0 aliphatic rings. The van der Waals surface area contributed by atoms with Crippen LogP contribution in [0.5, 0.6) is 0 Å². The fourth-order valence-corrected chi connectivity index (χ4v) is 1.98. The van der Waals surface area contributed by atoms with Gasteiger partial charge in [-0.25, -0.2) is 14.4 Å². The molecular weight excluding hydrogens is 313 g/mol. The van der Waals surface area contributed by atoms with Crippen LogP contribution >= 0.6 is 15.9 Å². The van der Waals surface area contributed by atoms with E-state index in [1.807, 2.05) is 6.92 Å². The van der Waals surface area contributed by atoms with Gasteiger partial charge in [-0.2, -0.15) is 0 Å². The largest absolute Gasteiger partial charge is 0.384 e. The molecule has 0 amide bonds. The molecule has 0 radical (unpaired) electrons. The molecule has 2 rings (SSSR count). The molecule has 6 heteroatoms. The Kier molecular flexibility index (Phi) is 4.44. The number of ether oxygens (including phenoxy) is 1. The minimum absolute atomic E-state index is 0.254. The highest BCUT2D eigenvalue weighted by Crippen LogP contribution is 2.27. The molecule has 0 fully saturated rings. The molecule has 0 aliphatic heterocycles. The lowest BCUT2D eigenvalue weighted by Crippen LogP contribution is -2.04. The van der Waals surface area contributed by atoms with Crippen molar-refractivity contribution in [3.8, 4) is 11.3 Å². The van der Waals surface area contributed by atoms with Gasteiger partial charge in [0.2, 0.25) is 0 Å². The summed E-state index contributed by atoms with van der Waals surface area (Å²) in [5, 5.41) is 0. The molecule has 0 atom stereocenters. The Bertz CT molecular complexity index is 592. The van der Waals surface area contributed by atoms with Gasteiger partial charge >= 0.3 is 0 Å². The van der Waals surface area contributed by atoms with Crippen LogP contribution in [0.1, 0.15) is 12.7 Å². The Balaban J connectivity index is 2.44. The van der Waals surface area contributed by atoms with E-state index in [0.29, 0.717) is 34.0 Å². The SMILES string of the molecule is CCOCc1nc(N)cc(-c2cccc(Br)c2F)n1. The summed E-state index contributed by atoms with van der Waals surface area (Å²) in [6.45, 7) is 2.68. The fourth-order valence-electron chi connectivity index (χ4n) is 1.62. The molecule has 19 heavy (non-hydrogen) atoms. The molecule has 0 saturated carbocycles. The topological polar surface area (TPSA) is 61.0 Å². The van der Waals surface area contributed by atoms with Crippen LogP contribution in [0.2, 0.25) is 0 Å². The van der Waals surface area contributed by atoms with Crippen molar-refractivity contribution < 1.29 is 9.13 Å². The van der Waals surface area contributed by atoms with Gasteiger partial charge in [0.05, 0.1) is 10.2 Å². The molecule has 0 aliphatic carbocycles. The van der Waals surface area contributed by atoms with E-state index < -0.39 is 0 Å². The Morgan fingerprint density at radius 2 is 2.16 bits per heavy atom. The number of nitrogen functional groups attached to an aromatic ring is 1. The molecule has 1 aromatic heterocycles. The first-order valence-corrected chi connectivity index (χ1v) is 6.56. The van der Waals surface area contributed by atoms with Crippen molar-refractivity contribution in [1.82, 2.24) is 9.97 Å². The predicted molar refractivity (Wildman–Crippen MR) is 74.9 cm³/mol. The molecule has 2 N–H and O–H groups in total. The summed E-state index contributed by atoms with van der Waals surface area (Å²) in [5.74, 6) is 0.360. The Morgan fingerprint density at radius 3 is 2.89 bits per heavy atom. The van der Waals surface area contributed by atoms with Crippen LogP contribution in [0.15, 0.2) is 28.7 Å². The second-order valence-electron chi connectivity index (χ2n) is 3.83. The van der Waals surface area contributed by atoms with Gasteiger partial charge in [0.25, 0.3) is 0 Å². The van der Waals surface area contributed by atoms with Gasteiger partial charge in [0.15, 0.2) is 5.82 Å². The lowest BCUT2D eigenvalue weighted by atomic mass is 10.1. The smallest absolute Gasteiger partial charge is 0.157 e. The van der Waals surface area contributed by atoms with E-state index in [1.54, 1.807) is 24.3 Å². The lowest BCUT2D eigenvalue weighted by Gasteiger charge is -2.07. The zero-order chi connectivity index (χ0) is 13.8. The first-order valence-electron chi connectivity index (χ1n) is 5.77. The summed E-state index contributed by atoms with van der Waals surface area (Å²) in [6, 6.07) is 6.56. The van der Waals surface area contributed by atoms with Crippen molar-refractivity contribution in [1.29, 1.82) is 0 Å². The van der Waals surface area contributed by atoms with Gasteiger partial charge in [-0.15, -0.1) is 0 Å². The van der Waals surface area contributed by atoms with Crippen molar-refractivity contribution in [3.05, 3.63) is 40.4 Å². The fraction of sp³-hybridized carbons (Fsp3) is 0.231. The maximum Gasteiger partial charge on any atom is 0.157 e. The highest BCUT2D eigenvalue weighted by atomic mass is 79.9. The van der Waals surface area contributed by atoms with Crippen molar-refractivity contribution >= 4 is 21.7 Å². The van der Waals surface area contributed by atoms with Gasteiger partial charge in [-0.05, 0) is 35.0 Å². The van der Waals surface area contributed by atoms with Gasteiger partial charge < -0.3 is 10.5 Å². The van der Waals surface area contributed by atoms with E-state index in [2.05, 4.69) is 25.9 Å². The third kappa shape index (κ3) is 3.27. The molecule has 0 unspecified atom stereocenters. The van der Waals surface area contributed by atoms with E-state index in [4.69, 9.17) is 10.5 Å². The average Bonchev–Trinajstić information content (AvgIpc) is 2.39. The number of benzene rings is 1. The summed E-state index contributed by atoms with van der Waals surface area (Å²) in [6.07, 6.45) is 0. The van der Waals surface area contributed by atoms with Crippen molar-refractivity contribution in [2.45, 2.75) is 13.5 Å². The summed E-state index contributed by atoms with van der Waals surface area (Å²) < 4.78 is 19.6. The number of nitrogens with two attached hydrogens (primary N) is 1. The lowest BCUT2D eigenvalue weighted by molar-refractivity contribution is 0.128. The number of rotatable bonds is 4. The monoisotopic (exact) mass is 325 g/mol. The standard InChI is InChI=1S/C13H13BrFN3O/c1-2-19-7-12-17-10(6-11(16)18-12)8-4-3-5-9(14)13(8)15/h3-6H,2,7H2,1H3,(H2,16,17,18). The van der Waals surface area contributed by atoms with Crippen LogP contribution < -0.4 is 5.73 Å². The second-order valence-corrected chi connectivity index (χ2v) is 4.69. The number of halogens is 2. The third-order valence-electron chi connectivity index (χ3n) is 2.46. The molecule has 1 heterocycles. The van der Waals surface area contributed by atoms with Gasteiger partial charge in [-0.1, -0.05) is 6.07 Å². The predicted octanol–water partition coefficient (Wildman–Crippen LogP) is 3.16. The summed E-state index contributed by atoms with van der Waals surface area (Å²) in [4.78, 5) is 8.32. The first kappa shape index (κ1) is 13.9. The molecular formula is C13H13BrFN3O. The minimum atomic E-state index is -0.372. The number of hydrogen-bond acceptors (Lipinski definition) is 4. The van der Waals surface area contributed by atoms with E-state index in [1.165, 1.54) is 0 Å². The Morgan fingerprint density at radius 1 is 1.37 bits per heavy atom. The number of nitrogens with zero attached hydrogens (tertiary/aromatic N) is 2.